The second-order valence-electron chi connectivity index (χ2n) is 8.48. The second kappa shape index (κ2) is 9.33. The number of para-hydroxylation sites is 1. The molecule has 2 aromatic carbocycles. The van der Waals surface area contributed by atoms with Crippen LogP contribution in [0.3, 0.4) is 0 Å². The van der Waals surface area contributed by atoms with Crippen molar-refractivity contribution in [1.82, 2.24) is 10.2 Å². The van der Waals surface area contributed by atoms with Gasteiger partial charge in [0.05, 0.1) is 12.0 Å². The number of rotatable bonds is 5. The average Bonchev–Trinajstić information content (AvgIpc) is 3.21. The molecule has 0 aromatic heterocycles. The zero-order chi connectivity index (χ0) is 21.8. The Kier molecular flexibility index (Phi) is 6.35. The summed E-state index contributed by atoms with van der Waals surface area (Å²) in [4.78, 5) is 41.7. The Bertz CT molecular complexity index is 924. The van der Waals surface area contributed by atoms with Gasteiger partial charge in [0.15, 0.2) is 0 Å². The maximum absolute atomic E-state index is 13.0. The molecule has 2 unspecified atom stereocenters. The van der Waals surface area contributed by atoms with E-state index in [2.05, 4.69) is 5.32 Å². The minimum absolute atomic E-state index is 0.00582. The largest absolute Gasteiger partial charge is 0.349 e. The van der Waals surface area contributed by atoms with Crippen molar-refractivity contribution in [2.45, 2.75) is 32.2 Å². The predicted octanol–water partition coefficient (Wildman–Crippen LogP) is 3.16. The Labute approximate surface area is 183 Å². The number of amides is 3. The van der Waals surface area contributed by atoms with Crippen molar-refractivity contribution in [1.29, 1.82) is 0 Å². The minimum atomic E-state index is -0.309. The standard InChI is InChI=1S/C25H29N3O3/c1-18(19-8-4-2-5-9-19)26-24(30)20-12-14-27(15-13-20)25(31)21-16-23(29)28(17-21)22-10-6-3-7-11-22/h2-11,18,20-21H,12-17H2,1H3,(H,26,30). The van der Waals surface area contributed by atoms with Gasteiger partial charge in [0.2, 0.25) is 17.7 Å². The van der Waals surface area contributed by atoms with Gasteiger partial charge < -0.3 is 15.1 Å². The van der Waals surface area contributed by atoms with E-state index >= 15 is 0 Å². The summed E-state index contributed by atoms with van der Waals surface area (Å²) in [6.45, 7) is 3.54. The monoisotopic (exact) mass is 419 g/mol. The number of hydrogen-bond acceptors (Lipinski definition) is 3. The Balaban J connectivity index is 1.28. The van der Waals surface area contributed by atoms with E-state index in [4.69, 9.17) is 0 Å². The molecule has 2 saturated heterocycles. The molecule has 0 bridgehead atoms. The highest BCUT2D eigenvalue weighted by Crippen LogP contribution is 2.28. The van der Waals surface area contributed by atoms with E-state index in [9.17, 15) is 14.4 Å². The molecule has 2 aliphatic rings. The molecule has 1 N–H and O–H groups in total. The highest BCUT2D eigenvalue weighted by atomic mass is 16.2. The van der Waals surface area contributed by atoms with Gasteiger partial charge in [-0.25, -0.2) is 0 Å². The molecule has 2 aromatic rings. The lowest BCUT2D eigenvalue weighted by molar-refractivity contribution is -0.139. The van der Waals surface area contributed by atoms with Gasteiger partial charge in [-0.3, -0.25) is 14.4 Å². The Morgan fingerprint density at radius 1 is 0.935 bits per heavy atom. The van der Waals surface area contributed by atoms with Crippen molar-refractivity contribution in [2.24, 2.45) is 11.8 Å². The molecule has 2 fully saturated rings. The van der Waals surface area contributed by atoms with Crippen LogP contribution >= 0.6 is 0 Å². The minimum Gasteiger partial charge on any atom is -0.349 e. The van der Waals surface area contributed by atoms with Gasteiger partial charge in [-0.1, -0.05) is 48.5 Å². The number of piperidine rings is 1. The SMILES string of the molecule is CC(NC(=O)C1CCN(C(=O)C2CC(=O)N(c3ccccc3)C2)CC1)c1ccccc1. The van der Waals surface area contributed by atoms with Crippen LogP contribution in [0, 0.1) is 11.8 Å². The Morgan fingerprint density at radius 2 is 1.55 bits per heavy atom. The highest BCUT2D eigenvalue weighted by Gasteiger charge is 2.38. The summed E-state index contributed by atoms with van der Waals surface area (Å²) in [7, 11) is 0. The van der Waals surface area contributed by atoms with Gasteiger partial charge in [-0.2, -0.15) is 0 Å². The molecule has 4 rings (SSSR count). The number of anilines is 1. The van der Waals surface area contributed by atoms with Gasteiger partial charge in [-0.05, 0) is 37.5 Å². The van der Waals surface area contributed by atoms with Crippen molar-refractivity contribution in [2.75, 3.05) is 24.5 Å². The van der Waals surface area contributed by atoms with Crippen LogP contribution in [0.25, 0.3) is 0 Å². The van der Waals surface area contributed by atoms with Crippen LogP contribution in [-0.2, 0) is 14.4 Å². The molecule has 0 radical (unpaired) electrons. The van der Waals surface area contributed by atoms with E-state index in [1.165, 1.54) is 0 Å². The maximum atomic E-state index is 13.0. The molecular formula is C25H29N3O3. The fourth-order valence-electron chi connectivity index (χ4n) is 4.51. The first-order valence-corrected chi connectivity index (χ1v) is 11.0. The fourth-order valence-corrected chi connectivity index (χ4v) is 4.51. The number of nitrogens with one attached hydrogen (secondary N) is 1. The first-order valence-electron chi connectivity index (χ1n) is 11.0. The molecule has 0 saturated carbocycles. The van der Waals surface area contributed by atoms with Crippen LogP contribution in [0.4, 0.5) is 5.69 Å². The van der Waals surface area contributed by atoms with E-state index in [1.54, 1.807) is 4.90 Å². The number of carbonyl (C=O) groups excluding carboxylic acids is 3. The molecule has 2 heterocycles. The number of likely N-dealkylation sites (tertiary alicyclic amines) is 1. The number of hydrogen-bond donors (Lipinski definition) is 1. The van der Waals surface area contributed by atoms with Crippen LogP contribution in [0.5, 0.6) is 0 Å². The summed E-state index contributed by atoms with van der Waals surface area (Å²) in [6, 6.07) is 19.4. The van der Waals surface area contributed by atoms with Gasteiger partial charge in [-0.15, -0.1) is 0 Å². The Morgan fingerprint density at radius 3 is 2.19 bits per heavy atom. The van der Waals surface area contributed by atoms with Crippen LogP contribution in [0.2, 0.25) is 0 Å². The first kappa shape index (κ1) is 21.1. The van der Waals surface area contributed by atoms with Gasteiger partial charge in [0, 0.05) is 37.7 Å². The van der Waals surface area contributed by atoms with Crippen molar-refractivity contribution < 1.29 is 14.4 Å². The average molecular weight is 420 g/mol. The summed E-state index contributed by atoms with van der Waals surface area (Å²) in [5.74, 6) is -0.316. The van der Waals surface area contributed by atoms with Crippen LogP contribution in [-0.4, -0.2) is 42.3 Å². The number of carbonyl (C=O) groups is 3. The summed E-state index contributed by atoms with van der Waals surface area (Å²) >= 11 is 0. The van der Waals surface area contributed by atoms with Crippen LogP contribution in [0.15, 0.2) is 60.7 Å². The first-order chi connectivity index (χ1) is 15.0. The fraction of sp³-hybridized carbons (Fsp3) is 0.400. The van der Waals surface area contributed by atoms with Crippen molar-refractivity contribution in [3.8, 4) is 0 Å². The van der Waals surface area contributed by atoms with Crippen molar-refractivity contribution >= 4 is 23.4 Å². The second-order valence-corrected chi connectivity index (χ2v) is 8.48. The molecule has 0 spiro atoms. The van der Waals surface area contributed by atoms with E-state index in [-0.39, 0.29) is 42.0 Å². The summed E-state index contributed by atoms with van der Waals surface area (Å²) in [6.07, 6.45) is 1.56. The molecule has 31 heavy (non-hydrogen) atoms. The molecular weight excluding hydrogens is 390 g/mol. The van der Waals surface area contributed by atoms with Crippen molar-refractivity contribution in [3.63, 3.8) is 0 Å². The molecule has 2 aliphatic heterocycles. The molecule has 2 atom stereocenters. The lowest BCUT2D eigenvalue weighted by Crippen LogP contribution is -2.45. The molecule has 6 heteroatoms. The number of benzene rings is 2. The van der Waals surface area contributed by atoms with E-state index in [1.807, 2.05) is 72.5 Å². The van der Waals surface area contributed by atoms with Gasteiger partial charge >= 0.3 is 0 Å². The number of nitrogens with zero attached hydrogens (tertiary/aromatic N) is 2. The summed E-state index contributed by atoms with van der Waals surface area (Å²) in [5.41, 5.74) is 1.92. The van der Waals surface area contributed by atoms with Crippen molar-refractivity contribution in [3.05, 3.63) is 66.2 Å². The molecule has 3 amide bonds. The van der Waals surface area contributed by atoms with Gasteiger partial charge in [0.1, 0.15) is 0 Å². The van der Waals surface area contributed by atoms with Crippen LogP contribution in [0.1, 0.15) is 37.8 Å². The zero-order valence-corrected chi connectivity index (χ0v) is 17.9. The topological polar surface area (TPSA) is 69.7 Å². The van der Waals surface area contributed by atoms with Gasteiger partial charge in [0.25, 0.3) is 0 Å². The third kappa shape index (κ3) is 4.79. The summed E-state index contributed by atoms with van der Waals surface area (Å²) < 4.78 is 0. The quantitative estimate of drug-likeness (QED) is 0.809. The lowest BCUT2D eigenvalue weighted by Gasteiger charge is -2.33. The van der Waals surface area contributed by atoms with Crippen LogP contribution < -0.4 is 10.2 Å². The lowest BCUT2D eigenvalue weighted by atomic mass is 9.94. The van der Waals surface area contributed by atoms with E-state index < -0.39 is 0 Å². The third-order valence-electron chi connectivity index (χ3n) is 6.38. The third-order valence-corrected chi connectivity index (χ3v) is 6.38. The predicted molar refractivity (Wildman–Crippen MR) is 119 cm³/mol. The molecule has 6 nitrogen and oxygen atoms in total. The zero-order valence-electron chi connectivity index (χ0n) is 17.9. The Hall–Kier alpha value is -3.15. The summed E-state index contributed by atoms with van der Waals surface area (Å²) in [5, 5.41) is 3.10. The normalized spacial score (nSPS) is 20.5. The highest BCUT2D eigenvalue weighted by molar-refractivity contribution is 6.00. The van der Waals surface area contributed by atoms with E-state index in [0.29, 0.717) is 32.5 Å². The smallest absolute Gasteiger partial charge is 0.228 e. The maximum Gasteiger partial charge on any atom is 0.228 e. The van der Waals surface area contributed by atoms with E-state index in [0.717, 1.165) is 11.3 Å². The molecule has 162 valence electrons. The molecule has 0 aliphatic carbocycles.